The van der Waals surface area contributed by atoms with E-state index in [0.717, 1.165) is 62.6 Å². The van der Waals surface area contributed by atoms with Gasteiger partial charge in [0.25, 0.3) is 5.91 Å². The van der Waals surface area contributed by atoms with Gasteiger partial charge < -0.3 is 10.2 Å². The summed E-state index contributed by atoms with van der Waals surface area (Å²) >= 11 is 0. The Balaban J connectivity index is 1.99. The fraction of sp³-hybridized carbons (Fsp3) is 0.652. The Kier molecular flexibility index (Phi) is 6.23. The molecule has 27 heavy (non-hydrogen) atoms. The summed E-state index contributed by atoms with van der Waals surface area (Å²) in [5.74, 6) is 0.524. The first-order chi connectivity index (χ1) is 13.0. The topological polar surface area (TPSA) is 49.4 Å². The summed E-state index contributed by atoms with van der Waals surface area (Å²) in [5.41, 5.74) is 1.30. The third-order valence-electron chi connectivity index (χ3n) is 6.31. The molecule has 1 spiro atoms. The van der Waals surface area contributed by atoms with E-state index in [1.165, 1.54) is 0 Å². The first kappa shape index (κ1) is 19.9. The molecule has 1 aliphatic heterocycles. The van der Waals surface area contributed by atoms with Gasteiger partial charge in [-0.2, -0.15) is 0 Å². The highest BCUT2D eigenvalue weighted by atomic mass is 16.2. The van der Waals surface area contributed by atoms with Crippen LogP contribution in [0.2, 0.25) is 0 Å². The van der Waals surface area contributed by atoms with Crippen LogP contribution in [-0.2, 0) is 4.79 Å². The predicted octanol–water partition coefficient (Wildman–Crippen LogP) is 4.50. The second-order valence-corrected chi connectivity index (χ2v) is 8.61. The van der Waals surface area contributed by atoms with E-state index >= 15 is 0 Å². The van der Waals surface area contributed by atoms with Crippen LogP contribution < -0.4 is 5.32 Å². The molecule has 1 fully saturated rings. The minimum absolute atomic E-state index is 0.0963. The lowest BCUT2D eigenvalue weighted by molar-refractivity contribution is -0.126. The molecule has 1 heterocycles. The molecule has 0 unspecified atom stereocenters. The average molecular weight is 371 g/mol. The second-order valence-electron chi connectivity index (χ2n) is 8.61. The van der Waals surface area contributed by atoms with E-state index in [2.05, 4.69) is 31.0 Å². The molecule has 1 atom stereocenters. The minimum Gasteiger partial charge on any atom is -0.355 e. The zero-order valence-corrected chi connectivity index (χ0v) is 17.1. The Hall–Kier alpha value is -1.84. The van der Waals surface area contributed by atoms with Gasteiger partial charge >= 0.3 is 0 Å². The molecule has 2 aliphatic rings. The molecule has 1 aromatic carbocycles. The summed E-state index contributed by atoms with van der Waals surface area (Å²) in [6.07, 6.45) is 7.05. The first-order valence-corrected chi connectivity index (χ1v) is 10.7. The van der Waals surface area contributed by atoms with Crippen LogP contribution in [0.1, 0.15) is 87.6 Å². The van der Waals surface area contributed by atoms with Gasteiger partial charge in [0.05, 0.1) is 11.5 Å². The monoisotopic (exact) mass is 370 g/mol. The number of hydrogen-bond acceptors (Lipinski definition) is 2. The van der Waals surface area contributed by atoms with E-state index in [1.807, 2.05) is 24.3 Å². The molecule has 4 nitrogen and oxygen atoms in total. The van der Waals surface area contributed by atoms with E-state index in [0.29, 0.717) is 12.5 Å². The van der Waals surface area contributed by atoms with E-state index in [1.54, 1.807) is 0 Å². The lowest BCUT2D eigenvalue weighted by Crippen LogP contribution is -2.60. The van der Waals surface area contributed by atoms with Crippen molar-refractivity contribution >= 4 is 11.8 Å². The standard InChI is InChI=1S/C23H34N2O2/c1-4-5-16-25-22(27)19-11-7-6-10-18(19)20(23(25)13-8-9-14-23)21(26)24-15-12-17(2)3/h6-7,10-11,17,20H,4-5,8-9,12-16H2,1-3H3,(H,24,26)/t20-/m0/s1. The molecule has 0 bridgehead atoms. The van der Waals surface area contributed by atoms with Crippen LogP contribution in [0.4, 0.5) is 0 Å². The van der Waals surface area contributed by atoms with E-state index in [-0.39, 0.29) is 23.3 Å². The molecule has 1 aromatic rings. The number of amides is 2. The Bertz CT molecular complexity index is 677. The van der Waals surface area contributed by atoms with Gasteiger partial charge in [0.1, 0.15) is 0 Å². The van der Waals surface area contributed by atoms with Gasteiger partial charge in [-0.1, -0.05) is 58.2 Å². The van der Waals surface area contributed by atoms with Crippen LogP contribution in [0.3, 0.4) is 0 Å². The maximum Gasteiger partial charge on any atom is 0.254 e. The number of nitrogens with one attached hydrogen (secondary N) is 1. The molecular weight excluding hydrogens is 336 g/mol. The maximum atomic E-state index is 13.4. The van der Waals surface area contributed by atoms with Gasteiger partial charge in [-0.05, 0) is 43.2 Å². The molecule has 1 saturated carbocycles. The highest BCUT2D eigenvalue weighted by Gasteiger charge is 2.55. The van der Waals surface area contributed by atoms with Gasteiger partial charge in [-0.25, -0.2) is 0 Å². The molecule has 0 aromatic heterocycles. The van der Waals surface area contributed by atoms with Crippen molar-refractivity contribution in [3.05, 3.63) is 35.4 Å². The van der Waals surface area contributed by atoms with Crippen molar-refractivity contribution < 1.29 is 9.59 Å². The largest absolute Gasteiger partial charge is 0.355 e. The summed E-state index contributed by atoms with van der Waals surface area (Å²) in [6, 6.07) is 7.77. The quantitative estimate of drug-likeness (QED) is 0.768. The number of benzene rings is 1. The van der Waals surface area contributed by atoms with E-state index in [9.17, 15) is 9.59 Å². The van der Waals surface area contributed by atoms with Crippen LogP contribution in [0.5, 0.6) is 0 Å². The molecule has 1 N–H and O–H groups in total. The summed E-state index contributed by atoms with van der Waals surface area (Å²) < 4.78 is 0. The number of carbonyl (C=O) groups is 2. The predicted molar refractivity (Wildman–Crippen MR) is 109 cm³/mol. The van der Waals surface area contributed by atoms with Gasteiger partial charge in [0, 0.05) is 18.7 Å². The van der Waals surface area contributed by atoms with Gasteiger partial charge in [0.15, 0.2) is 0 Å². The summed E-state index contributed by atoms with van der Waals surface area (Å²) in [6.45, 7) is 7.95. The van der Waals surface area contributed by atoms with Gasteiger partial charge in [-0.15, -0.1) is 0 Å². The molecule has 2 amide bonds. The Labute approximate surface area is 163 Å². The number of fused-ring (bicyclic) bond motifs is 1. The lowest BCUT2D eigenvalue weighted by atomic mass is 9.71. The minimum atomic E-state index is -0.345. The Morgan fingerprint density at radius 2 is 1.96 bits per heavy atom. The molecule has 1 aliphatic carbocycles. The third-order valence-corrected chi connectivity index (χ3v) is 6.31. The number of unbranched alkanes of at least 4 members (excludes halogenated alkanes) is 1. The number of nitrogens with zero attached hydrogens (tertiary/aromatic N) is 1. The second kappa shape index (κ2) is 8.45. The van der Waals surface area contributed by atoms with Gasteiger partial charge in [-0.3, -0.25) is 9.59 Å². The first-order valence-electron chi connectivity index (χ1n) is 10.7. The zero-order chi connectivity index (χ0) is 19.4. The molecule has 0 radical (unpaired) electrons. The maximum absolute atomic E-state index is 13.4. The molecule has 4 heteroatoms. The van der Waals surface area contributed by atoms with Crippen molar-refractivity contribution in [3.63, 3.8) is 0 Å². The van der Waals surface area contributed by atoms with Crippen molar-refractivity contribution in [2.24, 2.45) is 5.92 Å². The zero-order valence-electron chi connectivity index (χ0n) is 17.1. The summed E-state index contributed by atoms with van der Waals surface area (Å²) in [5, 5.41) is 3.19. The normalized spacial score (nSPS) is 21.0. The lowest BCUT2D eigenvalue weighted by Gasteiger charge is -2.50. The average Bonchev–Trinajstić information content (AvgIpc) is 3.11. The molecule has 3 rings (SSSR count). The fourth-order valence-electron chi connectivity index (χ4n) is 4.89. The van der Waals surface area contributed by atoms with Crippen molar-refractivity contribution in [2.45, 2.75) is 77.2 Å². The van der Waals surface area contributed by atoms with Crippen LogP contribution in [0.15, 0.2) is 24.3 Å². The molecule has 0 saturated heterocycles. The van der Waals surface area contributed by atoms with E-state index in [4.69, 9.17) is 0 Å². The van der Waals surface area contributed by atoms with Crippen LogP contribution in [0, 0.1) is 5.92 Å². The smallest absolute Gasteiger partial charge is 0.254 e. The fourth-order valence-corrected chi connectivity index (χ4v) is 4.89. The van der Waals surface area contributed by atoms with E-state index < -0.39 is 0 Å². The van der Waals surface area contributed by atoms with Crippen molar-refractivity contribution in [3.8, 4) is 0 Å². The summed E-state index contributed by atoms with van der Waals surface area (Å²) in [7, 11) is 0. The van der Waals surface area contributed by atoms with Crippen LogP contribution >= 0.6 is 0 Å². The number of hydrogen-bond donors (Lipinski definition) is 1. The SMILES string of the molecule is CCCCN1C(=O)c2ccccc2[C@@H](C(=O)NCCC(C)C)C12CCCC2. The number of carbonyl (C=O) groups excluding carboxylic acids is 2. The Morgan fingerprint density at radius 3 is 2.63 bits per heavy atom. The van der Waals surface area contributed by atoms with Crippen LogP contribution in [0.25, 0.3) is 0 Å². The highest BCUT2D eigenvalue weighted by Crippen LogP contribution is 2.50. The van der Waals surface area contributed by atoms with Gasteiger partial charge in [0.2, 0.25) is 5.91 Å². The van der Waals surface area contributed by atoms with Crippen molar-refractivity contribution in [2.75, 3.05) is 13.1 Å². The van der Waals surface area contributed by atoms with Crippen molar-refractivity contribution in [1.29, 1.82) is 0 Å². The molecule has 148 valence electrons. The molecular formula is C23H34N2O2. The highest BCUT2D eigenvalue weighted by molar-refractivity contribution is 6.02. The number of rotatable bonds is 7. The van der Waals surface area contributed by atoms with Crippen LogP contribution in [-0.4, -0.2) is 35.3 Å². The third kappa shape index (κ3) is 3.76. The van der Waals surface area contributed by atoms with Crippen molar-refractivity contribution in [1.82, 2.24) is 10.2 Å². The summed E-state index contributed by atoms with van der Waals surface area (Å²) in [4.78, 5) is 28.8. The Morgan fingerprint density at radius 1 is 1.26 bits per heavy atom.